The van der Waals surface area contributed by atoms with Crippen LogP contribution in [0.4, 0.5) is 0 Å². The van der Waals surface area contributed by atoms with E-state index in [4.69, 9.17) is 14.2 Å². The van der Waals surface area contributed by atoms with Crippen molar-refractivity contribution in [3.8, 4) is 5.75 Å². The van der Waals surface area contributed by atoms with Crippen LogP contribution in [0.5, 0.6) is 5.75 Å². The Morgan fingerprint density at radius 1 is 1.11 bits per heavy atom. The molecule has 1 aliphatic heterocycles. The Morgan fingerprint density at radius 2 is 1.86 bits per heavy atom. The molecular weight excluding hydrogens is 466 g/mol. The molecule has 1 aromatic carbocycles. The number of benzene rings is 1. The van der Waals surface area contributed by atoms with Gasteiger partial charge in [0.15, 0.2) is 5.78 Å². The van der Waals surface area contributed by atoms with Gasteiger partial charge < -0.3 is 19.5 Å². The number of hydrogen-bond donors (Lipinski definition) is 1. The zero-order valence-electron chi connectivity index (χ0n) is 20.3. The van der Waals surface area contributed by atoms with Crippen molar-refractivity contribution >= 4 is 29.1 Å². The Hall–Kier alpha value is -3.39. The fourth-order valence-corrected chi connectivity index (χ4v) is 5.74. The van der Waals surface area contributed by atoms with Crippen LogP contribution in [0, 0.1) is 5.92 Å². The van der Waals surface area contributed by atoms with Crippen molar-refractivity contribution in [3.63, 3.8) is 0 Å². The number of methoxy groups -OCH3 is 1. The van der Waals surface area contributed by atoms with Crippen molar-refractivity contribution in [2.45, 2.75) is 39.0 Å². The zero-order valence-corrected chi connectivity index (χ0v) is 21.1. The SMILES string of the molecule is CCOC(=O)C1=C(C)NC2=C(C(=O)[C@H](C(=O)OCC)[C@H](c3ccccc3OC)C2)[C@@H]1c1ccsc1. The van der Waals surface area contributed by atoms with Gasteiger partial charge in [-0.2, -0.15) is 11.3 Å². The summed E-state index contributed by atoms with van der Waals surface area (Å²) in [6.07, 6.45) is 0.388. The van der Waals surface area contributed by atoms with Gasteiger partial charge in [0.05, 0.1) is 25.9 Å². The predicted molar refractivity (Wildman–Crippen MR) is 132 cm³/mol. The predicted octanol–water partition coefficient (Wildman–Crippen LogP) is 4.47. The first-order chi connectivity index (χ1) is 16.9. The largest absolute Gasteiger partial charge is 0.496 e. The van der Waals surface area contributed by atoms with E-state index in [0.717, 1.165) is 11.1 Å². The van der Waals surface area contributed by atoms with E-state index in [1.54, 1.807) is 21.0 Å². The lowest BCUT2D eigenvalue weighted by atomic mass is 9.67. The summed E-state index contributed by atoms with van der Waals surface area (Å²) >= 11 is 1.48. The number of carbonyl (C=O) groups is 3. The van der Waals surface area contributed by atoms with Gasteiger partial charge in [0.2, 0.25) is 0 Å². The van der Waals surface area contributed by atoms with Crippen molar-refractivity contribution in [1.82, 2.24) is 5.32 Å². The molecule has 4 rings (SSSR count). The van der Waals surface area contributed by atoms with Gasteiger partial charge in [-0.3, -0.25) is 9.59 Å². The van der Waals surface area contributed by atoms with E-state index in [9.17, 15) is 14.4 Å². The average molecular weight is 496 g/mol. The molecule has 0 bridgehead atoms. The minimum atomic E-state index is -1.06. The third-order valence-electron chi connectivity index (χ3n) is 6.47. The Balaban J connectivity index is 1.89. The first-order valence-corrected chi connectivity index (χ1v) is 12.6. The van der Waals surface area contributed by atoms with Crippen LogP contribution >= 0.6 is 11.3 Å². The topological polar surface area (TPSA) is 90.9 Å². The Morgan fingerprint density at radius 3 is 2.51 bits per heavy atom. The van der Waals surface area contributed by atoms with Crippen LogP contribution in [0.2, 0.25) is 0 Å². The molecule has 3 atom stereocenters. The van der Waals surface area contributed by atoms with Gasteiger partial charge >= 0.3 is 11.9 Å². The number of thiophene rings is 1. The van der Waals surface area contributed by atoms with Crippen molar-refractivity contribution in [2.24, 2.45) is 5.92 Å². The van der Waals surface area contributed by atoms with Gasteiger partial charge in [-0.1, -0.05) is 18.2 Å². The molecule has 0 saturated heterocycles. The van der Waals surface area contributed by atoms with Gasteiger partial charge in [-0.15, -0.1) is 0 Å². The Kier molecular flexibility index (Phi) is 7.40. The number of ether oxygens (including phenoxy) is 3. The summed E-state index contributed by atoms with van der Waals surface area (Å²) in [6.45, 7) is 5.65. The Labute approximate surface area is 208 Å². The maximum atomic E-state index is 14.2. The standard InChI is InChI=1S/C27H29NO6S/c1-5-33-26(30)21-15(3)28-19-13-18(17-9-7-8-10-20(17)32-4)23(27(31)34-6-2)25(29)24(19)22(21)16-11-12-35-14-16/h7-12,14,18,22-23,28H,5-6,13H2,1-4H3/t18-,22+,23+/m0/s1. The van der Waals surface area contributed by atoms with Gasteiger partial charge in [-0.25, -0.2) is 4.79 Å². The molecule has 184 valence electrons. The second-order valence-corrected chi connectivity index (χ2v) is 9.19. The number of nitrogens with one attached hydrogen (secondary N) is 1. The summed E-state index contributed by atoms with van der Waals surface area (Å²) in [5.74, 6) is -2.97. The van der Waals surface area contributed by atoms with Crippen molar-refractivity contribution in [1.29, 1.82) is 0 Å². The van der Waals surface area contributed by atoms with E-state index in [-0.39, 0.29) is 19.0 Å². The molecule has 1 N–H and O–H groups in total. The van der Waals surface area contributed by atoms with Crippen LogP contribution in [0.1, 0.15) is 50.2 Å². The quantitative estimate of drug-likeness (QED) is 0.448. The zero-order chi connectivity index (χ0) is 25.1. The van der Waals surface area contributed by atoms with E-state index in [1.165, 1.54) is 11.3 Å². The summed E-state index contributed by atoms with van der Waals surface area (Å²) in [5.41, 5.74) is 3.72. The van der Waals surface area contributed by atoms with Crippen LogP contribution in [0.15, 0.2) is 63.6 Å². The molecule has 0 unspecified atom stereocenters. The number of hydrogen-bond acceptors (Lipinski definition) is 8. The molecule has 0 fully saturated rings. The van der Waals surface area contributed by atoms with E-state index >= 15 is 0 Å². The average Bonchev–Trinajstić information content (AvgIpc) is 3.38. The molecular formula is C27H29NO6S. The van der Waals surface area contributed by atoms with Crippen molar-refractivity contribution in [3.05, 3.63) is 74.8 Å². The summed E-state index contributed by atoms with van der Waals surface area (Å²) in [7, 11) is 1.57. The van der Waals surface area contributed by atoms with Crippen LogP contribution in [-0.2, 0) is 23.9 Å². The minimum absolute atomic E-state index is 0.159. The van der Waals surface area contributed by atoms with Crippen LogP contribution in [-0.4, -0.2) is 38.0 Å². The number of para-hydroxylation sites is 1. The van der Waals surface area contributed by atoms with E-state index in [1.807, 2.05) is 48.0 Å². The second-order valence-electron chi connectivity index (χ2n) is 8.41. The molecule has 0 amide bonds. The third kappa shape index (κ3) is 4.50. The fraction of sp³-hybridized carbons (Fsp3) is 0.370. The highest BCUT2D eigenvalue weighted by atomic mass is 32.1. The second kappa shape index (κ2) is 10.5. The van der Waals surface area contributed by atoms with E-state index in [2.05, 4.69) is 5.32 Å². The molecule has 1 aliphatic carbocycles. The number of dihydropyridines is 1. The number of rotatable bonds is 7. The number of Topliss-reactive ketones (excluding diaryl/α,β-unsaturated/α-hetero) is 1. The van der Waals surface area contributed by atoms with Gasteiger partial charge in [0, 0.05) is 28.8 Å². The maximum Gasteiger partial charge on any atom is 0.336 e. The van der Waals surface area contributed by atoms with Gasteiger partial charge in [-0.05, 0) is 61.2 Å². The van der Waals surface area contributed by atoms with Crippen LogP contribution in [0.25, 0.3) is 0 Å². The van der Waals surface area contributed by atoms with Crippen LogP contribution < -0.4 is 10.1 Å². The molecule has 0 radical (unpaired) electrons. The summed E-state index contributed by atoms with van der Waals surface area (Å²) in [5, 5.41) is 7.14. The number of esters is 2. The highest BCUT2D eigenvalue weighted by Gasteiger charge is 2.49. The Bertz CT molecular complexity index is 1200. The molecule has 2 heterocycles. The number of allylic oxidation sites excluding steroid dienone is 3. The lowest BCUT2D eigenvalue weighted by molar-refractivity contribution is -0.152. The van der Waals surface area contributed by atoms with E-state index < -0.39 is 29.7 Å². The number of carbonyl (C=O) groups excluding carboxylic acids is 3. The third-order valence-corrected chi connectivity index (χ3v) is 7.17. The lowest BCUT2D eigenvalue weighted by Gasteiger charge is -2.39. The van der Waals surface area contributed by atoms with Crippen LogP contribution in [0.3, 0.4) is 0 Å². The van der Waals surface area contributed by atoms with Gasteiger partial charge in [0.25, 0.3) is 0 Å². The summed E-state index contributed by atoms with van der Waals surface area (Å²) < 4.78 is 16.3. The monoisotopic (exact) mass is 495 g/mol. The smallest absolute Gasteiger partial charge is 0.336 e. The fourth-order valence-electron chi connectivity index (χ4n) is 5.05. The normalized spacial score (nSPS) is 21.8. The van der Waals surface area contributed by atoms with Crippen molar-refractivity contribution in [2.75, 3.05) is 20.3 Å². The molecule has 1 aromatic heterocycles. The molecule has 0 saturated carbocycles. The molecule has 7 nitrogen and oxygen atoms in total. The molecule has 2 aromatic rings. The molecule has 35 heavy (non-hydrogen) atoms. The highest BCUT2D eigenvalue weighted by molar-refractivity contribution is 7.08. The highest BCUT2D eigenvalue weighted by Crippen LogP contribution is 2.49. The molecule has 0 spiro atoms. The van der Waals surface area contributed by atoms with Gasteiger partial charge in [0.1, 0.15) is 11.7 Å². The van der Waals surface area contributed by atoms with Crippen molar-refractivity contribution < 1.29 is 28.6 Å². The maximum absolute atomic E-state index is 14.2. The first kappa shape index (κ1) is 24.7. The lowest BCUT2D eigenvalue weighted by Crippen LogP contribution is -2.43. The molecule has 8 heteroatoms. The summed E-state index contributed by atoms with van der Waals surface area (Å²) in [6, 6.07) is 9.30. The first-order valence-electron chi connectivity index (χ1n) is 11.7. The number of ketones is 1. The summed E-state index contributed by atoms with van der Waals surface area (Å²) in [4.78, 5) is 40.4. The minimum Gasteiger partial charge on any atom is -0.496 e. The molecule has 2 aliphatic rings. The van der Waals surface area contributed by atoms with E-state index in [0.29, 0.717) is 34.7 Å².